The maximum absolute atomic E-state index is 12.8. The summed E-state index contributed by atoms with van der Waals surface area (Å²) in [4.78, 5) is 38.4. The quantitative estimate of drug-likeness (QED) is 0.621. The molecule has 5 rings (SSSR count). The predicted molar refractivity (Wildman–Crippen MR) is 126 cm³/mol. The molecule has 7 nitrogen and oxygen atoms in total. The van der Waals surface area contributed by atoms with E-state index in [0.717, 1.165) is 17.5 Å². The van der Waals surface area contributed by atoms with Crippen LogP contribution in [0.1, 0.15) is 43.2 Å². The summed E-state index contributed by atoms with van der Waals surface area (Å²) in [6, 6.07) is 16.1. The van der Waals surface area contributed by atoms with Crippen molar-refractivity contribution in [2.24, 2.45) is 17.8 Å². The Morgan fingerprint density at radius 1 is 1.03 bits per heavy atom. The third-order valence-electron chi connectivity index (χ3n) is 7.56. The molecule has 3 atom stereocenters. The van der Waals surface area contributed by atoms with Crippen molar-refractivity contribution < 1.29 is 24.2 Å². The Morgan fingerprint density at radius 2 is 1.62 bits per heavy atom. The number of piperidine rings is 1. The fourth-order valence-corrected chi connectivity index (χ4v) is 5.82. The van der Waals surface area contributed by atoms with Gasteiger partial charge in [-0.1, -0.05) is 61.9 Å². The minimum atomic E-state index is -0.761. The molecule has 0 bridgehead atoms. The Labute approximate surface area is 199 Å². The molecular formula is C27H30N2O5. The van der Waals surface area contributed by atoms with E-state index >= 15 is 0 Å². The van der Waals surface area contributed by atoms with E-state index in [0.29, 0.717) is 19.5 Å². The second-order valence-electron chi connectivity index (χ2n) is 9.65. The summed E-state index contributed by atoms with van der Waals surface area (Å²) in [5, 5.41) is 12.1. The molecule has 2 N–H and O–H groups in total. The second-order valence-corrected chi connectivity index (χ2v) is 9.65. The SMILES string of the molecule is CCC[C@H](CC(=O)N1CC2C(C1)C2C(=O)O)NC(=O)OCC1c2ccccc2-c2ccccc21. The number of carboxylic acids is 1. The molecule has 34 heavy (non-hydrogen) atoms. The van der Waals surface area contributed by atoms with E-state index in [1.165, 1.54) is 11.1 Å². The van der Waals surface area contributed by atoms with E-state index in [1.54, 1.807) is 4.90 Å². The van der Waals surface area contributed by atoms with Gasteiger partial charge in [0.25, 0.3) is 0 Å². The predicted octanol–water partition coefficient (Wildman–Crippen LogP) is 3.87. The number of carbonyl (C=O) groups excluding carboxylic acids is 2. The van der Waals surface area contributed by atoms with Crippen LogP contribution in [-0.4, -0.2) is 53.7 Å². The number of fused-ring (bicyclic) bond motifs is 4. The highest BCUT2D eigenvalue weighted by Gasteiger charge is 2.60. The molecule has 2 fully saturated rings. The van der Waals surface area contributed by atoms with Gasteiger partial charge in [-0.05, 0) is 40.5 Å². The highest BCUT2D eigenvalue weighted by atomic mass is 16.5. The minimum absolute atomic E-state index is 0.0112. The van der Waals surface area contributed by atoms with Crippen LogP contribution in [0.5, 0.6) is 0 Å². The molecule has 0 spiro atoms. The molecule has 2 unspecified atom stereocenters. The second kappa shape index (κ2) is 9.12. The molecule has 0 radical (unpaired) electrons. The number of hydrogen-bond donors (Lipinski definition) is 2. The summed E-state index contributed by atoms with van der Waals surface area (Å²) < 4.78 is 5.65. The van der Waals surface area contributed by atoms with Gasteiger partial charge in [0.2, 0.25) is 5.91 Å². The number of alkyl carbamates (subject to hydrolysis) is 1. The molecule has 1 heterocycles. The first-order chi connectivity index (χ1) is 16.5. The molecule has 2 amide bonds. The molecule has 2 aliphatic carbocycles. The number of nitrogens with zero attached hydrogens (tertiary/aromatic N) is 1. The summed E-state index contributed by atoms with van der Waals surface area (Å²) in [6.45, 7) is 3.26. The largest absolute Gasteiger partial charge is 0.481 e. The molecular weight excluding hydrogens is 432 g/mol. The number of aliphatic carboxylic acids is 1. The average molecular weight is 463 g/mol. The van der Waals surface area contributed by atoms with Crippen molar-refractivity contribution in [3.05, 3.63) is 59.7 Å². The van der Waals surface area contributed by atoms with E-state index < -0.39 is 12.1 Å². The van der Waals surface area contributed by atoms with Crippen LogP contribution >= 0.6 is 0 Å². The first-order valence-electron chi connectivity index (χ1n) is 12.1. The van der Waals surface area contributed by atoms with Crippen LogP contribution in [0, 0.1) is 17.8 Å². The third kappa shape index (κ3) is 4.15. The van der Waals surface area contributed by atoms with Crippen LogP contribution in [0.15, 0.2) is 48.5 Å². The Morgan fingerprint density at radius 3 is 2.18 bits per heavy atom. The highest BCUT2D eigenvalue weighted by Crippen LogP contribution is 2.51. The first kappa shape index (κ1) is 22.4. The zero-order valence-electron chi connectivity index (χ0n) is 19.3. The van der Waals surface area contributed by atoms with Gasteiger partial charge in [0.05, 0.1) is 5.92 Å². The summed E-state index contributed by atoms with van der Waals surface area (Å²) in [5.74, 6) is -0.934. The van der Waals surface area contributed by atoms with E-state index in [9.17, 15) is 19.5 Å². The van der Waals surface area contributed by atoms with Gasteiger partial charge in [-0.15, -0.1) is 0 Å². The number of nitrogens with one attached hydrogen (secondary N) is 1. The fourth-order valence-electron chi connectivity index (χ4n) is 5.82. The standard InChI is InChI=1S/C27H30N2O5/c1-2-7-16(12-24(30)29-13-21-22(14-29)25(21)26(31)32)28-27(33)34-15-23-19-10-5-3-8-17(19)18-9-4-6-11-20(18)23/h3-6,8-11,16,21-23,25H,2,7,12-15H2,1H3,(H,28,33)(H,31,32)/t16-,21?,22?,25?/m1/s1. The van der Waals surface area contributed by atoms with Crippen LogP contribution in [0.3, 0.4) is 0 Å². The number of likely N-dealkylation sites (tertiary alicyclic amines) is 1. The lowest BCUT2D eigenvalue weighted by Crippen LogP contribution is -2.41. The van der Waals surface area contributed by atoms with Crippen molar-refractivity contribution >= 4 is 18.0 Å². The fraction of sp³-hybridized carbons (Fsp3) is 0.444. The number of hydrogen-bond acceptors (Lipinski definition) is 4. The van der Waals surface area contributed by atoms with E-state index in [-0.39, 0.29) is 48.6 Å². The molecule has 2 aromatic carbocycles. The lowest BCUT2D eigenvalue weighted by molar-refractivity contribution is -0.141. The van der Waals surface area contributed by atoms with Crippen molar-refractivity contribution in [3.8, 4) is 11.1 Å². The lowest BCUT2D eigenvalue weighted by atomic mass is 9.98. The van der Waals surface area contributed by atoms with E-state index in [4.69, 9.17) is 4.74 Å². The molecule has 1 saturated carbocycles. The number of rotatable bonds is 8. The summed E-state index contributed by atoms with van der Waals surface area (Å²) in [6.07, 6.45) is 1.20. The van der Waals surface area contributed by atoms with Crippen molar-refractivity contribution in [2.75, 3.05) is 19.7 Å². The van der Waals surface area contributed by atoms with Gasteiger partial charge in [-0.2, -0.15) is 0 Å². The van der Waals surface area contributed by atoms with Crippen LogP contribution in [0.2, 0.25) is 0 Å². The van der Waals surface area contributed by atoms with Crippen LogP contribution in [0.25, 0.3) is 11.1 Å². The van der Waals surface area contributed by atoms with Gasteiger partial charge < -0.3 is 20.1 Å². The monoisotopic (exact) mass is 462 g/mol. The van der Waals surface area contributed by atoms with Gasteiger partial charge in [0, 0.05) is 31.5 Å². The molecule has 0 aromatic heterocycles. The maximum atomic E-state index is 12.8. The third-order valence-corrected chi connectivity index (χ3v) is 7.56. The van der Waals surface area contributed by atoms with Gasteiger partial charge in [-0.25, -0.2) is 4.79 Å². The molecule has 2 aromatic rings. The van der Waals surface area contributed by atoms with Crippen molar-refractivity contribution in [2.45, 2.75) is 38.1 Å². The van der Waals surface area contributed by atoms with Crippen molar-refractivity contribution in [3.63, 3.8) is 0 Å². The number of benzene rings is 2. The van der Waals surface area contributed by atoms with Gasteiger partial charge in [0.1, 0.15) is 6.61 Å². The maximum Gasteiger partial charge on any atom is 0.407 e. The smallest absolute Gasteiger partial charge is 0.407 e. The van der Waals surface area contributed by atoms with E-state index in [2.05, 4.69) is 29.6 Å². The zero-order valence-corrected chi connectivity index (χ0v) is 19.3. The molecule has 1 aliphatic heterocycles. The lowest BCUT2D eigenvalue weighted by Gasteiger charge is -2.24. The number of amides is 2. The Bertz CT molecular complexity index is 1060. The van der Waals surface area contributed by atoms with Crippen LogP contribution in [0.4, 0.5) is 4.79 Å². The van der Waals surface area contributed by atoms with Gasteiger partial charge in [-0.3, -0.25) is 9.59 Å². The number of ether oxygens (including phenoxy) is 1. The normalized spacial score (nSPS) is 23.0. The van der Waals surface area contributed by atoms with E-state index in [1.807, 2.05) is 31.2 Å². The molecule has 1 saturated heterocycles. The number of carboxylic acid groups (broad SMARTS) is 1. The Balaban J connectivity index is 1.16. The summed E-state index contributed by atoms with van der Waals surface area (Å²) >= 11 is 0. The zero-order chi connectivity index (χ0) is 23.8. The first-order valence-corrected chi connectivity index (χ1v) is 12.1. The van der Waals surface area contributed by atoms with Crippen LogP contribution in [-0.2, 0) is 14.3 Å². The van der Waals surface area contributed by atoms with Crippen molar-refractivity contribution in [1.82, 2.24) is 10.2 Å². The minimum Gasteiger partial charge on any atom is -0.481 e. The van der Waals surface area contributed by atoms with Crippen molar-refractivity contribution in [1.29, 1.82) is 0 Å². The van der Waals surface area contributed by atoms with Gasteiger partial charge >= 0.3 is 12.1 Å². The average Bonchev–Trinajstić information content (AvgIpc) is 3.18. The Hall–Kier alpha value is -3.35. The molecule has 3 aliphatic rings. The Kier molecular flexibility index (Phi) is 6.02. The molecule has 178 valence electrons. The highest BCUT2D eigenvalue weighted by molar-refractivity contribution is 5.81. The van der Waals surface area contributed by atoms with Gasteiger partial charge in [0.15, 0.2) is 0 Å². The van der Waals surface area contributed by atoms with Crippen LogP contribution < -0.4 is 5.32 Å². The molecule has 7 heteroatoms. The topological polar surface area (TPSA) is 95.9 Å². The summed E-state index contributed by atoms with van der Waals surface area (Å²) in [7, 11) is 0. The summed E-state index contributed by atoms with van der Waals surface area (Å²) in [5.41, 5.74) is 4.67. The number of carbonyl (C=O) groups is 3.